The van der Waals surface area contributed by atoms with Crippen LogP contribution in [0.25, 0.3) is 0 Å². The fourth-order valence-corrected chi connectivity index (χ4v) is 2.93. The second kappa shape index (κ2) is 11.8. The first-order valence-corrected chi connectivity index (χ1v) is 9.67. The summed E-state index contributed by atoms with van der Waals surface area (Å²) < 4.78 is 39.9. The number of halogens is 2. The monoisotopic (exact) mass is 421 g/mol. The van der Waals surface area contributed by atoms with Crippen LogP contribution in [0.1, 0.15) is 30.4 Å². The van der Waals surface area contributed by atoms with E-state index in [1.807, 2.05) is 12.1 Å². The maximum Gasteiger partial charge on any atom is 0.387 e. The zero-order chi connectivity index (χ0) is 21.9. The summed E-state index contributed by atoms with van der Waals surface area (Å²) in [7, 11) is 4.74. The van der Waals surface area contributed by atoms with E-state index in [-0.39, 0.29) is 11.5 Å². The Hall–Kier alpha value is -3.03. The van der Waals surface area contributed by atoms with E-state index in [9.17, 15) is 8.78 Å². The van der Waals surface area contributed by atoms with Crippen LogP contribution in [0.5, 0.6) is 17.2 Å². The molecule has 0 bridgehead atoms. The molecule has 0 radical (unpaired) electrons. The molecule has 8 heteroatoms. The molecular formula is C22H29F2N3O3. The predicted molar refractivity (Wildman–Crippen MR) is 114 cm³/mol. The summed E-state index contributed by atoms with van der Waals surface area (Å²) in [6, 6.07) is 13.0. The third kappa shape index (κ3) is 7.09. The number of ether oxygens (including phenoxy) is 3. The molecule has 2 rings (SSSR count). The van der Waals surface area contributed by atoms with E-state index in [1.165, 1.54) is 18.7 Å². The van der Waals surface area contributed by atoms with Crippen LogP contribution in [-0.4, -0.2) is 40.4 Å². The molecule has 0 aromatic heterocycles. The molecule has 1 unspecified atom stereocenters. The van der Waals surface area contributed by atoms with Gasteiger partial charge in [0.05, 0.1) is 14.2 Å². The van der Waals surface area contributed by atoms with Crippen molar-refractivity contribution in [1.29, 1.82) is 0 Å². The first kappa shape index (κ1) is 23.3. The number of nitrogens with one attached hydrogen (secondary N) is 2. The SMILES string of the molecule is CN=C(NCCC(C)c1ccc(OC)cc1)NCc1ccc(OC)c(OC(F)F)c1. The number of guanidine groups is 1. The van der Waals surface area contributed by atoms with Gasteiger partial charge < -0.3 is 24.8 Å². The second-order valence-corrected chi connectivity index (χ2v) is 6.68. The normalized spacial score (nSPS) is 12.4. The molecule has 0 aliphatic heterocycles. The summed E-state index contributed by atoms with van der Waals surface area (Å²) in [6.45, 7) is 0.387. The van der Waals surface area contributed by atoms with Crippen molar-refractivity contribution in [3.8, 4) is 17.2 Å². The molecule has 2 N–H and O–H groups in total. The fraction of sp³-hybridized carbons (Fsp3) is 0.409. The van der Waals surface area contributed by atoms with E-state index in [4.69, 9.17) is 9.47 Å². The quantitative estimate of drug-likeness (QED) is 0.445. The minimum absolute atomic E-state index is 0.00284. The highest BCUT2D eigenvalue weighted by molar-refractivity contribution is 5.79. The van der Waals surface area contributed by atoms with Crippen molar-refractivity contribution in [2.45, 2.75) is 32.4 Å². The summed E-state index contributed by atoms with van der Waals surface area (Å²) in [5.74, 6) is 2.10. The molecule has 0 aliphatic carbocycles. The molecule has 0 heterocycles. The zero-order valence-corrected chi connectivity index (χ0v) is 17.7. The number of aliphatic imine (C=N–C) groups is 1. The first-order chi connectivity index (χ1) is 14.5. The Bertz CT molecular complexity index is 814. The standard InChI is InChI=1S/C22H29F2N3O3/c1-15(17-6-8-18(28-3)9-7-17)11-12-26-22(25-2)27-14-16-5-10-19(29-4)20(13-16)30-21(23)24/h5-10,13,15,21H,11-12,14H2,1-4H3,(H2,25,26,27). The Kier molecular flexibility index (Phi) is 9.18. The lowest BCUT2D eigenvalue weighted by molar-refractivity contribution is -0.0512. The van der Waals surface area contributed by atoms with Gasteiger partial charge in [-0.05, 0) is 47.7 Å². The number of alkyl halides is 2. The smallest absolute Gasteiger partial charge is 0.387 e. The summed E-state index contributed by atoms with van der Waals surface area (Å²) in [5, 5.41) is 6.44. The highest BCUT2D eigenvalue weighted by Gasteiger charge is 2.12. The summed E-state index contributed by atoms with van der Waals surface area (Å²) in [4.78, 5) is 4.20. The van der Waals surface area contributed by atoms with Crippen molar-refractivity contribution in [3.63, 3.8) is 0 Å². The number of hydrogen-bond donors (Lipinski definition) is 2. The van der Waals surface area contributed by atoms with Crippen LogP contribution in [0.4, 0.5) is 8.78 Å². The lowest BCUT2D eigenvalue weighted by Crippen LogP contribution is -2.37. The third-order valence-electron chi connectivity index (χ3n) is 4.68. The van der Waals surface area contributed by atoms with Gasteiger partial charge in [-0.3, -0.25) is 4.99 Å². The van der Waals surface area contributed by atoms with E-state index < -0.39 is 6.61 Å². The maximum absolute atomic E-state index is 12.6. The molecule has 0 spiro atoms. The molecule has 2 aromatic carbocycles. The van der Waals surface area contributed by atoms with Crippen LogP contribution >= 0.6 is 0 Å². The molecule has 1 atom stereocenters. The van der Waals surface area contributed by atoms with E-state index >= 15 is 0 Å². The molecule has 2 aromatic rings. The van der Waals surface area contributed by atoms with Crippen LogP contribution in [0.15, 0.2) is 47.5 Å². The van der Waals surface area contributed by atoms with Crippen molar-refractivity contribution >= 4 is 5.96 Å². The van der Waals surface area contributed by atoms with Gasteiger partial charge in [0, 0.05) is 20.1 Å². The van der Waals surface area contributed by atoms with Gasteiger partial charge in [0.15, 0.2) is 17.5 Å². The molecular weight excluding hydrogens is 392 g/mol. The van der Waals surface area contributed by atoms with Crippen molar-refractivity contribution in [2.75, 3.05) is 27.8 Å². The third-order valence-corrected chi connectivity index (χ3v) is 4.68. The largest absolute Gasteiger partial charge is 0.497 e. The van der Waals surface area contributed by atoms with Crippen molar-refractivity contribution in [2.24, 2.45) is 4.99 Å². The molecule has 6 nitrogen and oxygen atoms in total. The number of methoxy groups -OCH3 is 2. The average Bonchev–Trinajstić information content (AvgIpc) is 2.75. The van der Waals surface area contributed by atoms with Crippen LogP contribution in [0, 0.1) is 0 Å². The predicted octanol–water partition coefficient (Wildman–Crippen LogP) is 4.16. The van der Waals surface area contributed by atoms with E-state index in [2.05, 4.69) is 39.4 Å². The molecule has 0 aliphatic rings. The van der Waals surface area contributed by atoms with E-state index in [0.29, 0.717) is 18.4 Å². The molecule has 30 heavy (non-hydrogen) atoms. The minimum atomic E-state index is -2.91. The van der Waals surface area contributed by atoms with Gasteiger partial charge in [-0.1, -0.05) is 25.1 Å². The average molecular weight is 421 g/mol. The topological polar surface area (TPSA) is 64.1 Å². The van der Waals surface area contributed by atoms with Crippen LogP contribution < -0.4 is 24.8 Å². The molecule has 0 saturated heterocycles. The highest BCUT2D eigenvalue weighted by atomic mass is 19.3. The maximum atomic E-state index is 12.6. The second-order valence-electron chi connectivity index (χ2n) is 6.68. The van der Waals surface area contributed by atoms with Gasteiger partial charge in [0.25, 0.3) is 0 Å². The summed E-state index contributed by atoms with van der Waals surface area (Å²) >= 11 is 0. The van der Waals surface area contributed by atoms with Crippen molar-refractivity contribution < 1.29 is 23.0 Å². The Morgan fingerprint density at radius 2 is 1.73 bits per heavy atom. The van der Waals surface area contributed by atoms with Gasteiger partial charge >= 0.3 is 6.61 Å². The lowest BCUT2D eigenvalue weighted by atomic mass is 9.98. The van der Waals surface area contributed by atoms with E-state index in [0.717, 1.165) is 24.3 Å². The Balaban J connectivity index is 1.84. The van der Waals surface area contributed by atoms with Gasteiger partial charge in [-0.25, -0.2) is 0 Å². The van der Waals surface area contributed by atoms with Crippen molar-refractivity contribution in [3.05, 3.63) is 53.6 Å². The van der Waals surface area contributed by atoms with Crippen molar-refractivity contribution in [1.82, 2.24) is 10.6 Å². The van der Waals surface area contributed by atoms with Gasteiger partial charge in [0.1, 0.15) is 5.75 Å². The first-order valence-electron chi connectivity index (χ1n) is 9.67. The Morgan fingerprint density at radius 1 is 1.00 bits per heavy atom. The van der Waals surface area contributed by atoms with Gasteiger partial charge in [0.2, 0.25) is 0 Å². The Labute approximate surface area is 176 Å². The van der Waals surface area contributed by atoms with Crippen LogP contribution in [0.3, 0.4) is 0 Å². The van der Waals surface area contributed by atoms with Gasteiger partial charge in [-0.15, -0.1) is 0 Å². The molecule has 0 saturated carbocycles. The summed E-state index contributed by atoms with van der Waals surface area (Å²) in [5.41, 5.74) is 2.01. The summed E-state index contributed by atoms with van der Waals surface area (Å²) in [6.07, 6.45) is 0.919. The van der Waals surface area contributed by atoms with E-state index in [1.54, 1.807) is 26.3 Å². The lowest BCUT2D eigenvalue weighted by Gasteiger charge is -2.16. The highest BCUT2D eigenvalue weighted by Crippen LogP contribution is 2.29. The molecule has 164 valence electrons. The number of rotatable bonds is 10. The number of hydrogen-bond acceptors (Lipinski definition) is 4. The minimum Gasteiger partial charge on any atom is -0.497 e. The van der Waals surface area contributed by atoms with Crippen LogP contribution in [-0.2, 0) is 6.54 Å². The van der Waals surface area contributed by atoms with Crippen LogP contribution in [0.2, 0.25) is 0 Å². The van der Waals surface area contributed by atoms with Gasteiger partial charge in [-0.2, -0.15) is 8.78 Å². The Morgan fingerprint density at radius 3 is 2.33 bits per heavy atom. The number of benzene rings is 2. The molecule has 0 amide bonds. The fourth-order valence-electron chi connectivity index (χ4n) is 2.93. The molecule has 0 fully saturated rings. The zero-order valence-electron chi connectivity index (χ0n) is 17.7. The number of nitrogens with zero attached hydrogens (tertiary/aromatic N) is 1.